The molecule has 0 aliphatic carbocycles. The van der Waals surface area contributed by atoms with Crippen LogP contribution >= 0.6 is 11.6 Å². The normalized spacial score (nSPS) is 14.1. The van der Waals surface area contributed by atoms with Crippen molar-refractivity contribution in [2.24, 2.45) is 0 Å². The van der Waals surface area contributed by atoms with Gasteiger partial charge in [0.15, 0.2) is 0 Å². The number of benzene rings is 2. The lowest BCUT2D eigenvalue weighted by molar-refractivity contribution is 0.108. The van der Waals surface area contributed by atoms with E-state index in [1.165, 1.54) is 0 Å². The molecule has 0 fully saturated rings. The summed E-state index contributed by atoms with van der Waals surface area (Å²) >= 11 is 5.95. The third-order valence-electron chi connectivity index (χ3n) is 3.71. The summed E-state index contributed by atoms with van der Waals surface area (Å²) < 4.78 is 0. The lowest BCUT2D eigenvalue weighted by atomic mass is 10.0. The first-order valence-electron chi connectivity index (χ1n) is 6.90. The molecule has 0 aromatic heterocycles. The van der Waals surface area contributed by atoms with E-state index in [-0.39, 0.29) is 11.8 Å². The molecular weight excluding hydrogens is 286 g/mol. The molecule has 2 aromatic rings. The number of phenolic OH excluding ortho intramolecular Hbond substituents is 1. The van der Waals surface area contributed by atoms with Crippen LogP contribution in [0.25, 0.3) is 0 Å². The first-order valence-corrected chi connectivity index (χ1v) is 7.28. The third-order valence-corrected chi connectivity index (χ3v) is 3.94. The highest BCUT2D eigenvalue weighted by Crippen LogP contribution is 2.25. The molecule has 2 unspecified atom stereocenters. The number of phenols is 1. The van der Waals surface area contributed by atoms with E-state index in [2.05, 4.69) is 0 Å². The standard InChI is InChI=1S/C17H20ClNO2/c1-12(13-5-4-8-16(20)10-13)19(2)11-17(21)14-6-3-7-15(18)9-14/h3-10,12,17,20-21H,11H2,1-2H3. The van der Waals surface area contributed by atoms with Crippen molar-refractivity contribution in [1.82, 2.24) is 4.90 Å². The van der Waals surface area contributed by atoms with Crippen molar-refractivity contribution >= 4 is 11.6 Å². The maximum Gasteiger partial charge on any atom is 0.115 e. The van der Waals surface area contributed by atoms with E-state index in [9.17, 15) is 10.2 Å². The Labute approximate surface area is 130 Å². The van der Waals surface area contributed by atoms with Crippen molar-refractivity contribution < 1.29 is 10.2 Å². The second-order valence-electron chi connectivity index (χ2n) is 5.28. The molecule has 0 saturated heterocycles. The van der Waals surface area contributed by atoms with Crippen LogP contribution in [0, 0.1) is 0 Å². The highest BCUT2D eigenvalue weighted by atomic mass is 35.5. The molecule has 0 radical (unpaired) electrons. The molecule has 0 saturated carbocycles. The third kappa shape index (κ3) is 4.21. The number of aromatic hydroxyl groups is 1. The molecule has 3 nitrogen and oxygen atoms in total. The van der Waals surface area contributed by atoms with Gasteiger partial charge in [0.2, 0.25) is 0 Å². The molecule has 112 valence electrons. The number of aliphatic hydroxyl groups excluding tert-OH is 1. The first-order chi connectivity index (χ1) is 9.97. The molecule has 2 aromatic carbocycles. The van der Waals surface area contributed by atoms with Gasteiger partial charge in [-0.15, -0.1) is 0 Å². The molecule has 21 heavy (non-hydrogen) atoms. The van der Waals surface area contributed by atoms with E-state index in [0.29, 0.717) is 11.6 Å². The summed E-state index contributed by atoms with van der Waals surface area (Å²) in [6.07, 6.45) is -0.603. The second kappa shape index (κ2) is 6.94. The fourth-order valence-electron chi connectivity index (χ4n) is 2.29. The van der Waals surface area contributed by atoms with Gasteiger partial charge in [-0.25, -0.2) is 0 Å². The van der Waals surface area contributed by atoms with E-state index >= 15 is 0 Å². The van der Waals surface area contributed by atoms with E-state index < -0.39 is 6.10 Å². The first kappa shape index (κ1) is 15.8. The van der Waals surface area contributed by atoms with Gasteiger partial charge in [-0.05, 0) is 49.4 Å². The minimum atomic E-state index is -0.603. The number of rotatable bonds is 5. The van der Waals surface area contributed by atoms with Gasteiger partial charge in [0.25, 0.3) is 0 Å². The molecule has 4 heteroatoms. The fourth-order valence-corrected chi connectivity index (χ4v) is 2.49. The molecule has 2 atom stereocenters. The van der Waals surface area contributed by atoms with Gasteiger partial charge in [-0.1, -0.05) is 35.9 Å². The van der Waals surface area contributed by atoms with E-state index in [0.717, 1.165) is 11.1 Å². The van der Waals surface area contributed by atoms with Crippen LogP contribution in [0.2, 0.25) is 5.02 Å². The number of halogens is 1. The summed E-state index contributed by atoms with van der Waals surface area (Å²) in [7, 11) is 1.95. The summed E-state index contributed by atoms with van der Waals surface area (Å²) in [4.78, 5) is 2.04. The van der Waals surface area contributed by atoms with Crippen molar-refractivity contribution in [3.63, 3.8) is 0 Å². The Hall–Kier alpha value is -1.55. The zero-order valence-corrected chi connectivity index (χ0v) is 13.0. The van der Waals surface area contributed by atoms with Gasteiger partial charge >= 0.3 is 0 Å². The molecular formula is C17H20ClNO2. The number of nitrogens with zero attached hydrogens (tertiary/aromatic N) is 1. The summed E-state index contributed by atoms with van der Waals surface area (Å²) in [6, 6.07) is 14.5. The molecule has 0 aliphatic heterocycles. The van der Waals surface area contributed by atoms with Crippen molar-refractivity contribution in [3.05, 3.63) is 64.7 Å². The molecule has 0 bridgehead atoms. The van der Waals surface area contributed by atoms with E-state index in [1.54, 1.807) is 24.3 Å². The van der Waals surface area contributed by atoms with Crippen molar-refractivity contribution in [3.8, 4) is 5.75 Å². The number of hydrogen-bond donors (Lipinski definition) is 2. The van der Waals surface area contributed by atoms with Gasteiger partial charge in [0.1, 0.15) is 5.75 Å². The highest BCUT2D eigenvalue weighted by Gasteiger charge is 2.17. The van der Waals surface area contributed by atoms with Crippen LogP contribution in [-0.4, -0.2) is 28.7 Å². The summed E-state index contributed by atoms with van der Waals surface area (Å²) in [5, 5.41) is 20.5. The molecule has 0 aliphatic rings. The zero-order chi connectivity index (χ0) is 15.4. The minimum Gasteiger partial charge on any atom is -0.508 e. The SMILES string of the molecule is CC(c1cccc(O)c1)N(C)CC(O)c1cccc(Cl)c1. The van der Waals surface area contributed by atoms with Gasteiger partial charge in [-0.3, -0.25) is 4.90 Å². The highest BCUT2D eigenvalue weighted by molar-refractivity contribution is 6.30. The fraction of sp³-hybridized carbons (Fsp3) is 0.294. The van der Waals surface area contributed by atoms with Crippen LogP contribution in [0.15, 0.2) is 48.5 Å². The second-order valence-corrected chi connectivity index (χ2v) is 5.72. The van der Waals surface area contributed by atoms with Crippen LogP contribution in [0.1, 0.15) is 30.2 Å². The predicted molar refractivity (Wildman–Crippen MR) is 85.6 cm³/mol. The zero-order valence-electron chi connectivity index (χ0n) is 12.2. The number of likely N-dealkylation sites (N-methyl/N-ethyl adjacent to an activating group) is 1. The Bertz CT molecular complexity index is 603. The molecule has 0 spiro atoms. The van der Waals surface area contributed by atoms with Crippen molar-refractivity contribution in [1.29, 1.82) is 0 Å². The Balaban J connectivity index is 2.05. The van der Waals surface area contributed by atoms with Gasteiger partial charge < -0.3 is 10.2 Å². The average Bonchev–Trinajstić information content (AvgIpc) is 2.46. The Morgan fingerprint density at radius 1 is 1.10 bits per heavy atom. The molecule has 2 N–H and O–H groups in total. The minimum absolute atomic E-state index is 0.0888. The van der Waals surface area contributed by atoms with Crippen LogP contribution < -0.4 is 0 Å². The Morgan fingerprint density at radius 3 is 2.43 bits per heavy atom. The Morgan fingerprint density at radius 2 is 1.76 bits per heavy atom. The molecule has 0 amide bonds. The van der Waals surface area contributed by atoms with Crippen LogP contribution in [0.5, 0.6) is 5.75 Å². The average molecular weight is 306 g/mol. The number of aliphatic hydroxyl groups is 1. The summed E-state index contributed by atoms with van der Waals surface area (Å²) in [6.45, 7) is 2.52. The monoisotopic (exact) mass is 305 g/mol. The van der Waals surface area contributed by atoms with Gasteiger partial charge in [0.05, 0.1) is 6.10 Å². The van der Waals surface area contributed by atoms with Gasteiger partial charge in [-0.2, -0.15) is 0 Å². The van der Waals surface area contributed by atoms with Crippen LogP contribution in [-0.2, 0) is 0 Å². The largest absolute Gasteiger partial charge is 0.508 e. The van der Waals surface area contributed by atoms with Crippen molar-refractivity contribution in [2.75, 3.05) is 13.6 Å². The Kier molecular flexibility index (Phi) is 5.23. The van der Waals surface area contributed by atoms with Crippen LogP contribution in [0.3, 0.4) is 0 Å². The summed E-state index contributed by atoms with van der Waals surface area (Å²) in [5.74, 6) is 0.253. The quantitative estimate of drug-likeness (QED) is 0.883. The maximum absolute atomic E-state index is 10.3. The summed E-state index contributed by atoms with van der Waals surface area (Å²) in [5.41, 5.74) is 1.81. The molecule has 2 rings (SSSR count). The van der Waals surface area contributed by atoms with Gasteiger partial charge in [0, 0.05) is 17.6 Å². The smallest absolute Gasteiger partial charge is 0.115 e. The van der Waals surface area contributed by atoms with E-state index in [4.69, 9.17) is 11.6 Å². The van der Waals surface area contributed by atoms with E-state index in [1.807, 2.05) is 43.1 Å². The lowest BCUT2D eigenvalue weighted by Crippen LogP contribution is -2.27. The predicted octanol–water partition coefficient (Wildman–Crippen LogP) is 3.77. The number of hydrogen-bond acceptors (Lipinski definition) is 3. The van der Waals surface area contributed by atoms with Crippen LogP contribution in [0.4, 0.5) is 0 Å². The van der Waals surface area contributed by atoms with Crippen molar-refractivity contribution in [2.45, 2.75) is 19.1 Å². The maximum atomic E-state index is 10.3. The topological polar surface area (TPSA) is 43.7 Å². The lowest BCUT2D eigenvalue weighted by Gasteiger charge is -2.27. The molecule has 0 heterocycles.